The molecule has 1 aliphatic carbocycles. The highest BCUT2D eigenvalue weighted by molar-refractivity contribution is 6.20. The number of hydrogen-bond acceptors (Lipinski definition) is 1. The van der Waals surface area contributed by atoms with Gasteiger partial charge in [0.1, 0.15) is 5.75 Å². The normalized spacial score (nSPS) is 17.1. The van der Waals surface area contributed by atoms with E-state index in [0.717, 1.165) is 25.0 Å². The Labute approximate surface area is 103 Å². The number of ether oxygens (including phenoxy) is 1. The lowest BCUT2D eigenvalue weighted by Crippen LogP contribution is -2.00. The second-order valence-electron chi connectivity index (χ2n) is 4.51. The number of alkyl halides is 1. The summed E-state index contributed by atoms with van der Waals surface area (Å²) in [5.74, 6) is 1.02. The summed E-state index contributed by atoms with van der Waals surface area (Å²) in [4.78, 5) is 0. The van der Waals surface area contributed by atoms with Crippen LogP contribution in [0.1, 0.15) is 38.2 Å². The van der Waals surface area contributed by atoms with E-state index >= 15 is 0 Å². The Morgan fingerprint density at radius 1 is 1.44 bits per heavy atom. The topological polar surface area (TPSA) is 9.23 Å². The van der Waals surface area contributed by atoms with Gasteiger partial charge in [0.15, 0.2) is 0 Å². The summed E-state index contributed by atoms with van der Waals surface area (Å²) in [6.07, 6.45) is 6.04. The van der Waals surface area contributed by atoms with Gasteiger partial charge in [-0.2, -0.15) is 0 Å². The minimum atomic E-state index is 0.299. The van der Waals surface area contributed by atoms with Crippen LogP contribution in [0, 0.1) is 0 Å². The van der Waals surface area contributed by atoms with E-state index in [-0.39, 0.29) is 0 Å². The first-order chi connectivity index (χ1) is 7.78. The van der Waals surface area contributed by atoms with Gasteiger partial charge in [-0.3, -0.25) is 0 Å². The van der Waals surface area contributed by atoms with Crippen molar-refractivity contribution in [3.63, 3.8) is 0 Å². The second kappa shape index (κ2) is 5.58. The van der Waals surface area contributed by atoms with E-state index in [2.05, 4.69) is 25.1 Å². The summed E-state index contributed by atoms with van der Waals surface area (Å²) >= 11 is 6.12. The monoisotopic (exact) mass is 238 g/mol. The first kappa shape index (κ1) is 11.8. The van der Waals surface area contributed by atoms with Crippen LogP contribution in [-0.4, -0.2) is 11.5 Å². The molecule has 1 aromatic carbocycles. The van der Waals surface area contributed by atoms with Crippen LogP contribution in [0.5, 0.6) is 5.75 Å². The number of rotatable bonds is 6. The third-order valence-electron chi connectivity index (χ3n) is 2.91. The van der Waals surface area contributed by atoms with E-state index in [1.165, 1.54) is 18.4 Å². The van der Waals surface area contributed by atoms with Crippen LogP contribution in [0.2, 0.25) is 0 Å². The van der Waals surface area contributed by atoms with Gasteiger partial charge in [0.05, 0.1) is 6.10 Å². The molecule has 1 aliphatic rings. The molecule has 1 fully saturated rings. The summed E-state index contributed by atoms with van der Waals surface area (Å²) in [5.41, 5.74) is 1.33. The highest BCUT2D eigenvalue weighted by atomic mass is 35.5. The zero-order valence-corrected chi connectivity index (χ0v) is 10.5. The number of hydrogen-bond donors (Lipinski definition) is 0. The fourth-order valence-electron chi connectivity index (χ4n) is 1.68. The molecule has 1 saturated carbocycles. The number of benzene rings is 1. The molecule has 0 radical (unpaired) electrons. The van der Waals surface area contributed by atoms with E-state index in [1.807, 2.05) is 6.07 Å². The van der Waals surface area contributed by atoms with E-state index in [0.29, 0.717) is 11.5 Å². The van der Waals surface area contributed by atoms with Crippen molar-refractivity contribution in [1.29, 1.82) is 0 Å². The third-order valence-corrected chi connectivity index (χ3v) is 3.44. The Kier molecular flexibility index (Phi) is 4.11. The Balaban J connectivity index is 1.87. The molecule has 0 amide bonds. The molecule has 0 bridgehead atoms. The van der Waals surface area contributed by atoms with Crippen molar-refractivity contribution in [2.24, 2.45) is 0 Å². The SMILES string of the molecule is CCC(Cl)CCc1cccc(OC2CC2)c1. The Bertz CT molecular complexity index is 333. The maximum atomic E-state index is 6.12. The van der Waals surface area contributed by atoms with Crippen LogP contribution >= 0.6 is 11.6 Å². The van der Waals surface area contributed by atoms with Gasteiger partial charge in [0.25, 0.3) is 0 Å². The van der Waals surface area contributed by atoms with Crippen LogP contribution in [-0.2, 0) is 6.42 Å². The minimum Gasteiger partial charge on any atom is -0.490 e. The molecule has 1 atom stereocenters. The largest absolute Gasteiger partial charge is 0.490 e. The van der Waals surface area contributed by atoms with Crippen molar-refractivity contribution in [2.45, 2.75) is 50.5 Å². The maximum absolute atomic E-state index is 6.12. The molecular weight excluding hydrogens is 220 g/mol. The third kappa shape index (κ3) is 3.71. The van der Waals surface area contributed by atoms with Gasteiger partial charge in [-0.05, 0) is 49.8 Å². The van der Waals surface area contributed by atoms with Crippen molar-refractivity contribution in [1.82, 2.24) is 0 Å². The standard InChI is InChI=1S/C14H19ClO/c1-2-12(15)7-6-11-4-3-5-14(10-11)16-13-8-9-13/h3-5,10,12-13H,2,6-9H2,1H3. The predicted molar refractivity (Wildman–Crippen MR) is 68.3 cm³/mol. The van der Waals surface area contributed by atoms with Gasteiger partial charge in [-0.1, -0.05) is 19.1 Å². The average Bonchev–Trinajstić information content (AvgIpc) is 3.10. The van der Waals surface area contributed by atoms with Crippen LogP contribution in [0.25, 0.3) is 0 Å². The summed E-state index contributed by atoms with van der Waals surface area (Å²) in [5, 5.41) is 0.299. The molecule has 2 heteroatoms. The van der Waals surface area contributed by atoms with E-state index in [1.54, 1.807) is 0 Å². The quantitative estimate of drug-likeness (QED) is 0.676. The average molecular weight is 239 g/mol. The van der Waals surface area contributed by atoms with Gasteiger partial charge in [-0.25, -0.2) is 0 Å². The Morgan fingerprint density at radius 2 is 2.25 bits per heavy atom. The zero-order chi connectivity index (χ0) is 11.4. The van der Waals surface area contributed by atoms with Gasteiger partial charge in [0.2, 0.25) is 0 Å². The first-order valence-corrected chi connectivity index (χ1v) is 6.61. The van der Waals surface area contributed by atoms with Crippen molar-refractivity contribution >= 4 is 11.6 Å². The van der Waals surface area contributed by atoms with Gasteiger partial charge >= 0.3 is 0 Å². The molecular formula is C14H19ClO. The smallest absolute Gasteiger partial charge is 0.119 e. The molecule has 2 rings (SSSR count). The number of halogens is 1. The molecule has 0 spiro atoms. The molecule has 0 saturated heterocycles. The second-order valence-corrected chi connectivity index (χ2v) is 5.13. The van der Waals surface area contributed by atoms with Gasteiger partial charge in [0, 0.05) is 5.38 Å². The molecule has 88 valence electrons. The van der Waals surface area contributed by atoms with E-state index in [4.69, 9.17) is 16.3 Å². The minimum absolute atomic E-state index is 0.299. The molecule has 1 aromatic rings. The molecule has 0 heterocycles. The van der Waals surface area contributed by atoms with Crippen molar-refractivity contribution in [3.8, 4) is 5.75 Å². The van der Waals surface area contributed by atoms with Crippen molar-refractivity contribution in [2.75, 3.05) is 0 Å². The summed E-state index contributed by atoms with van der Waals surface area (Å²) in [7, 11) is 0. The van der Waals surface area contributed by atoms with Crippen LogP contribution in [0.15, 0.2) is 24.3 Å². The highest BCUT2D eigenvalue weighted by Crippen LogP contribution is 2.27. The molecule has 0 aliphatic heterocycles. The summed E-state index contributed by atoms with van der Waals surface area (Å²) in [6.45, 7) is 2.13. The maximum Gasteiger partial charge on any atom is 0.119 e. The summed E-state index contributed by atoms with van der Waals surface area (Å²) < 4.78 is 5.77. The Hall–Kier alpha value is -0.690. The zero-order valence-electron chi connectivity index (χ0n) is 9.79. The van der Waals surface area contributed by atoms with Gasteiger partial charge < -0.3 is 4.74 Å². The van der Waals surface area contributed by atoms with Gasteiger partial charge in [-0.15, -0.1) is 11.6 Å². The summed E-state index contributed by atoms with van der Waals surface area (Å²) in [6, 6.07) is 8.42. The first-order valence-electron chi connectivity index (χ1n) is 6.17. The lowest BCUT2D eigenvalue weighted by atomic mass is 10.1. The fraction of sp³-hybridized carbons (Fsp3) is 0.571. The lowest BCUT2D eigenvalue weighted by Gasteiger charge is -2.08. The lowest BCUT2D eigenvalue weighted by molar-refractivity contribution is 0.303. The predicted octanol–water partition coefficient (Wildman–Crippen LogP) is 4.18. The molecule has 1 unspecified atom stereocenters. The number of aryl methyl sites for hydroxylation is 1. The van der Waals surface area contributed by atoms with Crippen LogP contribution in [0.4, 0.5) is 0 Å². The highest BCUT2D eigenvalue weighted by Gasteiger charge is 2.23. The molecule has 0 aromatic heterocycles. The fourth-order valence-corrected chi connectivity index (χ4v) is 1.79. The Morgan fingerprint density at radius 3 is 2.94 bits per heavy atom. The molecule has 1 nitrogen and oxygen atoms in total. The van der Waals surface area contributed by atoms with E-state index < -0.39 is 0 Å². The molecule has 16 heavy (non-hydrogen) atoms. The molecule has 0 N–H and O–H groups in total. The van der Waals surface area contributed by atoms with E-state index in [9.17, 15) is 0 Å². The van der Waals surface area contributed by atoms with Crippen LogP contribution < -0.4 is 4.74 Å². The van der Waals surface area contributed by atoms with Crippen LogP contribution in [0.3, 0.4) is 0 Å². The van der Waals surface area contributed by atoms with Crippen molar-refractivity contribution in [3.05, 3.63) is 29.8 Å². The van der Waals surface area contributed by atoms with Crippen molar-refractivity contribution < 1.29 is 4.74 Å².